The molecule has 3 N–H and O–H groups in total. The van der Waals surface area contributed by atoms with Crippen LogP contribution in [-0.4, -0.2) is 16.9 Å². The monoisotopic (exact) mass is 241 g/mol. The van der Waals surface area contributed by atoms with Crippen molar-refractivity contribution in [2.24, 2.45) is 11.7 Å². The highest BCUT2D eigenvalue weighted by atomic mass is 35.5. The molecular formula is C11H16ClN3O. The van der Waals surface area contributed by atoms with Crippen molar-refractivity contribution in [2.75, 3.05) is 5.32 Å². The first-order chi connectivity index (χ1) is 7.50. The summed E-state index contributed by atoms with van der Waals surface area (Å²) < 4.78 is 0. The van der Waals surface area contributed by atoms with E-state index in [0.29, 0.717) is 10.7 Å². The number of nitrogens with two attached hydrogens (primary N) is 1. The van der Waals surface area contributed by atoms with Gasteiger partial charge >= 0.3 is 0 Å². The van der Waals surface area contributed by atoms with Crippen molar-refractivity contribution in [1.29, 1.82) is 0 Å². The predicted molar refractivity (Wildman–Crippen MR) is 65.3 cm³/mol. The Labute approximate surface area is 100 Å². The van der Waals surface area contributed by atoms with E-state index in [1.165, 1.54) is 6.20 Å². The fraction of sp³-hybridized carbons (Fsp3) is 0.455. The van der Waals surface area contributed by atoms with E-state index < -0.39 is 0 Å². The minimum atomic E-state index is -0.143. The average Bonchev–Trinajstić information content (AvgIpc) is 2.21. The molecule has 0 aliphatic rings. The van der Waals surface area contributed by atoms with Crippen LogP contribution >= 0.6 is 11.6 Å². The number of aromatic nitrogens is 1. The molecule has 0 radical (unpaired) electrons. The molecule has 0 spiro atoms. The van der Waals surface area contributed by atoms with E-state index in [1.54, 1.807) is 12.3 Å². The third kappa shape index (κ3) is 3.79. The van der Waals surface area contributed by atoms with E-state index in [9.17, 15) is 4.79 Å². The first kappa shape index (κ1) is 12.9. The molecule has 0 bridgehead atoms. The minimum absolute atomic E-state index is 0.142. The van der Waals surface area contributed by atoms with Gasteiger partial charge in [0.2, 0.25) is 5.91 Å². The molecule has 16 heavy (non-hydrogen) atoms. The summed E-state index contributed by atoms with van der Waals surface area (Å²) in [6.07, 6.45) is 3.36. The number of halogens is 1. The normalized spacial score (nSPS) is 12.6. The maximum atomic E-state index is 11.6. The highest BCUT2D eigenvalue weighted by molar-refractivity contribution is 6.33. The molecule has 0 saturated carbocycles. The second-order valence-electron chi connectivity index (χ2n) is 4.02. The first-order valence-electron chi connectivity index (χ1n) is 5.15. The number of carbonyl (C=O) groups excluding carboxylic acids is 1. The zero-order valence-electron chi connectivity index (χ0n) is 9.40. The largest absolute Gasteiger partial charge is 0.327 e. The summed E-state index contributed by atoms with van der Waals surface area (Å²) in [4.78, 5) is 15.5. The van der Waals surface area contributed by atoms with Crippen LogP contribution in [0.1, 0.15) is 20.3 Å². The fourth-order valence-electron chi connectivity index (χ4n) is 1.12. The lowest BCUT2D eigenvalue weighted by Gasteiger charge is -2.15. The number of pyridine rings is 1. The lowest BCUT2D eigenvalue weighted by Crippen LogP contribution is -2.31. The maximum absolute atomic E-state index is 11.6. The number of anilines is 1. The summed E-state index contributed by atoms with van der Waals surface area (Å²) in [6.45, 7) is 3.96. The molecule has 1 heterocycles. The van der Waals surface area contributed by atoms with Crippen molar-refractivity contribution < 1.29 is 4.79 Å². The van der Waals surface area contributed by atoms with Gasteiger partial charge in [0.25, 0.3) is 0 Å². The number of carbonyl (C=O) groups is 1. The third-order valence-electron chi connectivity index (χ3n) is 2.32. The van der Waals surface area contributed by atoms with Gasteiger partial charge in [-0.15, -0.1) is 0 Å². The topological polar surface area (TPSA) is 68.0 Å². The van der Waals surface area contributed by atoms with Gasteiger partial charge in [0, 0.05) is 18.7 Å². The van der Waals surface area contributed by atoms with Crippen molar-refractivity contribution in [1.82, 2.24) is 4.98 Å². The first-order valence-corrected chi connectivity index (χ1v) is 5.53. The van der Waals surface area contributed by atoms with E-state index in [4.69, 9.17) is 17.3 Å². The van der Waals surface area contributed by atoms with Gasteiger partial charge < -0.3 is 11.1 Å². The summed E-state index contributed by atoms with van der Waals surface area (Å²) in [5, 5.41) is 3.16. The quantitative estimate of drug-likeness (QED) is 0.848. The Morgan fingerprint density at radius 2 is 2.31 bits per heavy atom. The molecule has 0 saturated heterocycles. The number of rotatable bonds is 4. The van der Waals surface area contributed by atoms with Crippen LogP contribution in [0.15, 0.2) is 18.5 Å². The number of hydrogen-bond acceptors (Lipinski definition) is 3. The minimum Gasteiger partial charge on any atom is -0.327 e. The van der Waals surface area contributed by atoms with E-state index in [0.717, 1.165) is 0 Å². The lowest BCUT2D eigenvalue weighted by molar-refractivity contribution is -0.116. The van der Waals surface area contributed by atoms with Gasteiger partial charge in [-0.3, -0.25) is 9.78 Å². The summed E-state index contributed by atoms with van der Waals surface area (Å²) in [5.41, 5.74) is 6.32. The van der Waals surface area contributed by atoms with E-state index >= 15 is 0 Å². The van der Waals surface area contributed by atoms with Crippen LogP contribution < -0.4 is 11.1 Å². The third-order valence-corrected chi connectivity index (χ3v) is 2.65. The SMILES string of the molecule is CC(C)C(N)CC(=O)Nc1cnccc1Cl. The highest BCUT2D eigenvalue weighted by Crippen LogP contribution is 2.19. The van der Waals surface area contributed by atoms with Gasteiger partial charge in [0.15, 0.2) is 0 Å². The van der Waals surface area contributed by atoms with Crippen LogP contribution in [0.25, 0.3) is 0 Å². The summed E-state index contributed by atoms with van der Waals surface area (Å²) in [6, 6.07) is 1.48. The van der Waals surface area contributed by atoms with Gasteiger partial charge in [-0.1, -0.05) is 25.4 Å². The Bertz CT molecular complexity index is 368. The van der Waals surface area contributed by atoms with Crippen molar-refractivity contribution in [3.8, 4) is 0 Å². The summed E-state index contributed by atoms with van der Waals surface area (Å²) in [5.74, 6) is 0.131. The fourth-order valence-corrected chi connectivity index (χ4v) is 1.27. The van der Waals surface area contributed by atoms with E-state index in [-0.39, 0.29) is 24.3 Å². The Kier molecular flexibility index (Phi) is 4.71. The van der Waals surface area contributed by atoms with Crippen LogP contribution in [0.5, 0.6) is 0 Å². The van der Waals surface area contributed by atoms with Crippen LogP contribution in [0.3, 0.4) is 0 Å². The van der Waals surface area contributed by atoms with Crippen LogP contribution in [0.2, 0.25) is 5.02 Å². The molecule has 1 amide bonds. The van der Waals surface area contributed by atoms with Gasteiger partial charge in [-0.05, 0) is 12.0 Å². The zero-order chi connectivity index (χ0) is 12.1. The highest BCUT2D eigenvalue weighted by Gasteiger charge is 2.13. The van der Waals surface area contributed by atoms with E-state index in [2.05, 4.69) is 10.3 Å². The molecule has 1 rings (SSSR count). The number of nitrogens with one attached hydrogen (secondary N) is 1. The number of nitrogens with zero attached hydrogens (tertiary/aromatic N) is 1. The van der Waals surface area contributed by atoms with Gasteiger partial charge in [-0.25, -0.2) is 0 Å². The molecule has 0 aliphatic heterocycles. The molecule has 4 nitrogen and oxygen atoms in total. The standard InChI is InChI=1S/C11H16ClN3O/c1-7(2)9(13)5-11(16)15-10-6-14-4-3-8(10)12/h3-4,6-7,9H,5,13H2,1-2H3,(H,15,16). The molecule has 1 aromatic rings. The van der Waals surface area contributed by atoms with Crippen molar-refractivity contribution >= 4 is 23.2 Å². The zero-order valence-corrected chi connectivity index (χ0v) is 10.2. The molecule has 0 aliphatic carbocycles. The van der Waals surface area contributed by atoms with Crippen LogP contribution in [0, 0.1) is 5.92 Å². The molecule has 1 aromatic heterocycles. The van der Waals surface area contributed by atoms with E-state index in [1.807, 2.05) is 13.8 Å². The Morgan fingerprint density at radius 3 is 2.88 bits per heavy atom. The molecule has 5 heteroatoms. The lowest BCUT2D eigenvalue weighted by atomic mass is 10.0. The predicted octanol–water partition coefficient (Wildman–Crippen LogP) is 2.05. The molecule has 88 valence electrons. The summed E-state index contributed by atoms with van der Waals surface area (Å²) >= 11 is 5.88. The van der Waals surface area contributed by atoms with Crippen molar-refractivity contribution in [3.63, 3.8) is 0 Å². The number of hydrogen-bond donors (Lipinski definition) is 2. The maximum Gasteiger partial charge on any atom is 0.226 e. The van der Waals surface area contributed by atoms with Crippen LogP contribution in [0.4, 0.5) is 5.69 Å². The molecule has 1 atom stereocenters. The van der Waals surface area contributed by atoms with Crippen LogP contribution in [-0.2, 0) is 4.79 Å². The van der Waals surface area contributed by atoms with Gasteiger partial charge in [-0.2, -0.15) is 0 Å². The summed E-state index contributed by atoms with van der Waals surface area (Å²) in [7, 11) is 0. The molecular weight excluding hydrogens is 226 g/mol. The molecule has 0 aromatic carbocycles. The van der Waals surface area contributed by atoms with Gasteiger partial charge in [0.1, 0.15) is 0 Å². The number of amides is 1. The molecule has 1 unspecified atom stereocenters. The smallest absolute Gasteiger partial charge is 0.226 e. The second kappa shape index (κ2) is 5.82. The Balaban J connectivity index is 2.55. The van der Waals surface area contributed by atoms with Crippen molar-refractivity contribution in [2.45, 2.75) is 26.3 Å². The van der Waals surface area contributed by atoms with Gasteiger partial charge in [0.05, 0.1) is 16.9 Å². The Morgan fingerprint density at radius 1 is 1.62 bits per heavy atom. The second-order valence-corrected chi connectivity index (χ2v) is 4.42. The Hall–Kier alpha value is -1.13. The average molecular weight is 242 g/mol. The molecule has 0 fully saturated rings. The van der Waals surface area contributed by atoms with Crippen molar-refractivity contribution in [3.05, 3.63) is 23.5 Å².